The van der Waals surface area contributed by atoms with Gasteiger partial charge in [0.15, 0.2) is 0 Å². The quantitative estimate of drug-likeness (QED) is 0.526. The van der Waals surface area contributed by atoms with Gasteiger partial charge in [0.2, 0.25) is 13.3 Å². The van der Waals surface area contributed by atoms with Crippen molar-refractivity contribution in [2.75, 3.05) is 33.2 Å². The Morgan fingerprint density at radius 1 is 1.38 bits per heavy atom. The van der Waals surface area contributed by atoms with Crippen molar-refractivity contribution in [1.82, 2.24) is 4.90 Å². The number of likely N-dealkylation sites (tertiary alicyclic amines) is 1. The van der Waals surface area contributed by atoms with Crippen LogP contribution < -0.4 is 0 Å². The van der Waals surface area contributed by atoms with Crippen LogP contribution in [-0.4, -0.2) is 60.9 Å². The SMILES string of the molecule is COC(=O)C[C@H](CP(=O)(O)CN1CCCC1=O)C(=O)OC. The molecule has 0 spiro atoms. The lowest BCUT2D eigenvalue weighted by Gasteiger charge is -2.22. The van der Waals surface area contributed by atoms with Crippen molar-refractivity contribution in [3.8, 4) is 0 Å². The first kappa shape index (κ1) is 17.7. The van der Waals surface area contributed by atoms with Gasteiger partial charge in [0.25, 0.3) is 0 Å². The van der Waals surface area contributed by atoms with E-state index in [0.29, 0.717) is 19.4 Å². The van der Waals surface area contributed by atoms with Crippen molar-refractivity contribution >= 4 is 25.2 Å². The summed E-state index contributed by atoms with van der Waals surface area (Å²) >= 11 is 0. The van der Waals surface area contributed by atoms with E-state index < -0.39 is 31.4 Å². The Labute approximate surface area is 122 Å². The highest BCUT2D eigenvalue weighted by atomic mass is 31.2. The average molecular weight is 321 g/mol. The number of esters is 2. The molecular formula is C12H20NO7P. The van der Waals surface area contributed by atoms with Gasteiger partial charge in [-0.25, -0.2) is 0 Å². The molecule has 1 N–H and O–H groups in total. The zero-order valence-corrected chi connectivity index (χ0v) is 13.0. The molecule has 1 fully saturated rings. The fourth-order valence-corrected chi connectivity index (χ4v) is 4.11. The van der Waals surface area contributed by atoms with E-state index in [4.69, 9.17) is 0 Å². The van der Waals surface area contributed by atoms with Crippen LogP contribution in [0.5, 0.6) is 0 Å². The smallest absolute Gasteiger partial charge is 0.309 e. The third kappa shape index (κ3) is 5.47. The van der Waals surface area contributed by atoms with E-state index in [1.165, 1.54) is 4.90 Å². The summed E-state index contributed by atoms with van der Waals surface area (Å²) in [5, 5.41) is 0. The molecule has 0 bridgehead atoms. The van der Waals surface area contributed by atoms with Crippen LogP contribution in [-0.2, 0) is 28.4 Å². The zero-order valence-electron chi connectivity index (χ0n) is 12.1. The highest BCUT2D eigenvalue weighted by molar-refractivity contribution is 7.58. The van der Waals surface area contributed by atoms with Crippen LogP contribution in [0.2, 0.25) is 0 Å². The van der Waals surface area contributed by atoms with E-state index in [9.17, 15) is 23.8 Å². The molecule has 0 radical (unpaired) electrons. The number of carbonyl (C=O) groups is 3. The fraction of sp³-hybridized carbons (Fsp3) is 0.750. The van der Waals surface area contributed by atoms with Crippen LogP contribution >= 0.6 is 7.37 Å². The summed E-state index contributed by atoms with van der Waals surface area (Å²) in [5.74, 6) is -2.65. The van der Waals surface area contributed by atoms with Crippen molar-refractivity contribution in [3.63, 3.8) is 0 Å². The van der Waals surface area contributed by atoms with Crippen LogP contribution in [0, 0.1) is 5.92 Å². The molecule has 1 rings (SSSR count). The molecule has 0 aliphatic carbocycles. The molecule has 1 unspecified atom stereocenters. The van der Waals surface area contributed by atoms with E-state index in [0.717, 1.165) is 14.2 Å². The van der Waals surface area contributed by atoms with Gasteiger partial charge in [0, 0.05) is 19.1 Å². The van der Waals surface area contributed by atoms with Crippen molar-refractivity contribution in [2.45, 2.75) is 19.3 Å². The molecule has 120 valence electrons. The lowest BCUT2D eigenvalue weighted by molar-refractivity contribution is -0.151. The molecule has 0 aromatic heterocycles. The number of ether oxygens (including phenoxy) is 2. The van der Waals surface area contributed by atoms with Gasteiger partial charge < -0.3 is 19.3 Å². The second-order valence-corrected chi connectivity index (χ2v) is 7.27. The predicted octanol–water partition coefficient (Wildman–Crippen LogP) is 0.189. The van der Waals surface area contributed by atoms with Gasteiger partial charge in [-0.2, -0.15) is 0 Å². The molecule has 1 saturated heterocycles. The number of amides is 1. The molecule has 0 aromatic rings. The van der Waals surface area contributed by atoms with Gasteiger partial charge in [0.1, 0.15) is 0 Å². The molecule has 2 atom stereocenters. The predicted molar refractivity (Wildman–Crippen MR) is 72.6 cm³/mol. The normalized spacial score (nSPS) is 19.0. The largest absolute Gasteiger partial charge is 0.469 e. The topological polar surface area (TPSA) is 110 Å². The number of hydrogen-bond donors (Lipinski definition) is 1. The molecule has 9 heteroatoms. The molecule has 0 aromatic carbocycles. The molecule has 21 heavy (non-hydrogen) atoms. The Balaban J connectivity index is 2.70. The molecule has 8 nitrogen and oxygen atoms in total. The molecule has 1 aliphatic heterocycles. The third-order valence-electron chi connectivity index (χ3n) is 3.24. The van der Waals surface area contributed by atoms with Crippen molar-refractivity contribution in [2.24, 2.45) is 5.92 Å². The Morgan fingerprint density at radius 2 is 2.05 bits per heavy atom. The van der Waals surface area contributed by atoms with Gasteiger partial charge in [-0.05, 0) is 6.42 Å². The lowest BCUT2D eigenvalue weighted by Crippen LogP contribution is -2.29. The summed E-state index contributed by atoms with van der Waals surface area (Å²) in [4.78, 5) is 45.6. The van der Waals surface area contributed by atoms with E-state index >= 15 is 0 Å². The van der Waals surface area contributed by atoms with Gasteiger partial charge in [0.05, 0.1) is 32.8 Å². The number of carbonyl (C=O) groups excluding carboxylic acids is 3. The summed E-state index contributed by atoms with van der Waals surface area (Å²) in [6, 6.07) is 0. The summed E-state index contributed by atoms with van der Waals surface area (Å²) in [6.07, 6.45) is -0.0370. The molecule has 1 heterocycles. The standard InChI is InChI=1S/C12H20NO7P/c1-19-11(15)6-9(12(16)20-2)7-21(17,18)8-13-5-3-4-10(13)14/h9H,3-8H2,1-2H3,(H,17,18)/t9-/m1/s1. The number of nitrogens with zero attached hydrogens (tertiary/aromatic N) is 1. The average Bonchev–Trinajstić information content (AvgIpc) is 2.81. The maximum absolute atomic E-state index is 12.2. The lowest BCUT2D eigenvalue weighted by atomic mass is 10.1. The van der Waals surface area contributed by atoms with Crippen LogP contribution in [0.25, 0.3) is 0 Å². The van der Waals surface area contributed by atoms with Crippen molar-refractivity contribution in [3.05, 3.63) is 0 Å². The molecular weight excluding hydrogens is 301 g/mol. The molecule has 1 aliphatic rings. The van der Waals surface area contributed by atoms with Crippen LogP contribution in [0.3, 0.4) is 0 Å². The summed E-state index contributed by atoms with van der Waals surface area (Å²) < 4.78 is 21.2. The summed E-state index contributed by atoms with van der Waals surface area (Å²) in [5.41, 5.74) is 0. The van der Waals surface area contributed by atoms with E-state index in [1.54, 1.807) is 0 Å². The van der Waals surface area contributed by atoms with Gasteiger partial charge in [-0.15, -0.1) is 0 Å². The van der Waals surface area contributed by atoms with E-state index in [-0.39, 0.29) is 18.6 Å². The second-order valence-electron chi connectivity index (χ2n) is 4.93. The maximum atomic E-state index is 12.2. The number of hydrogen-bond acceptors (Lipinski definition) is 6. The molecule has 1 amide bonds. The summed E-state index contributed by atoms with van der Waals surface area (Å²) in [7, 11) is -1.47. The highest BCUT2D eigenvalue weighted by Crippen LogP contribution is 2.44. The first-order valence-corrected chi connectivity index (χ1v) is 8.55. The Morgan fingerprint density at radius 3 is 2.52 bits per heavy atom. The van der Waals surface area contributed by atoms with Crippen LogP contribution in [0.15, 0.2) is 0 Å². The first-order chi connectivity index (χ1) is 9.79. The minimum Gasteiger partial charge on any atom is -0.469 e. The highest BCUT2D eigenvalue weighted by Gasteiger charge is 2.35. The fourth-order valence-electron chi connectivity index (χ4n) is 2.20. The minimum atomic E-state index is -3.77. The monoisotopic (exact) mass is 321 g/mol. The van der Waals surface area contributed by atoms with Crippen molar-refractivity contribution in [1.29, 1.82) is 0 Å². The minimum absolute atomic E-state index is 0.174. The zero-order chi connectivity index (χ0) is 16.0. The van der Waals surface area contributed by atoms with Crippen LogP contribution in [0.1, 0.15) is 19.3 Å². The maximum Gasteiger partial charge on any atom is 0.309 e. The van der Waals surface area contributed by atoms with Gasteiger partial charge in [-0.3, -0.25) is 18.9 Å². The van der Waals surface area contributed by atoms with Gasteiger partial charge >= 0.3 is 11.9 Å². The summed E-state index contributed by atoms with van der Waals surface area (Å²) in [6.45, 7) is 0.434. The van der Waals surface area contributed by atoms with Crippen molar-refractivity contribution < 1.29 is 33.3 Å². The van der Waals surface area contributed by atoms with Gasteiger partial charge in [-0.1, -0.05) is 0 Å². The molecule has 0 saturated carbocycles. The first-order valence-electron chi connectivity index (χ1n) is 6.52. The Kier molecular flexibility index (Phi) is 6.36. The van der Waals surface area contributed by atoms with E-state index in [2.05, 4.69) is 9.47 Å². The Hall–Kier alpha value is -1.40. The van der Waals surface area contributed by atoms with E-state index in [1.807, 2.05) is 0 Å². The van der Waals surface area contributed by atoms with Crippen LogP contribution in [0.4, 0.5) is 0 Å². The number of methoxy groups -OCH3 is 2. The second kappa shape index (κ2) is 7.56. The third-order valence-corrected chi connectivity index (χ3v) is 5.04. The Bertz CT molecular complexity index is 465. The number of rotatable bonds is 7.